The molecule has 5 rings (SSSR count). The molecule has 0 radical (unpaired) electrons. The van der Waals surface area contributed by atoms with Crippen LogP contribution in [-0.4, -0.2) is 16.5 Å². The molecule has 1 aromatic heterocycles. The minimum Gasteiger partial charge on any atom is -0.460 e. The molecule has 1 atom stereocenters. The third-order valence-corrected chi connectivity index (χ3v) is 7.59. The van der Waals surface area contributed by atoms with E-state index in [1.807, 2.05) is 73.8 Å². The Morgan fingerprint density at radius 2 is 1.38 bits per heavy atom. The van der Waals surface area contributed by atoms with E-state index in [4.69, 9.17) is 9.47 Å². The number of hydrogen-bond acceptors (Lipinski definition) is 4. The maximum atomic E-state index is 13.9. The summed E-state index contributed by atoms with van der Waals surface area (Å²) >= 11 is 0. The van der Waals surface area contributed by atoms with Gasteiger partial charge in [-0.1, -0.05) is 92.2 Å². The number of aromatic nitrogens is 1. The van der Waals surface area contributed by atoms with Crippen LogP contribution in [0.5, 0.6) is 0 Å². The highest BCUT2D eigenvalue weighted by atomic mass is 16.6. The van der Waals surface area contributed by atoms with Crippen molar-refractivity contribution in [3.05, 3.63) is 107 Å². The van der Waals surface area contributed by atoms with Gasteiger partial charge in [0.25, 0.3) is 0 Å². The fourth-order valence-electron chi connectivity index (χ4n) is 5.74. The number of benzene rings is 3. The van der Waals surface area contributed by atoms with Crippen molar-refractivity contribution in [2.75, 3.05) is 0 Å². The second-order valence-corrected chi connectivity index (χ2v) is 10.0. The molecule has 0 saturated carbocycles. The molecule has 37 heavy (non-hydrogen) atoms. The monoisotopic (exact) mass is 495 g/mol. The standard InChI is InChI=1S/C32H33NO4/c1-3-12-25-19-32(30(34)36-21-23-13-6-4-7-14-23,31(35)37-22-24-15-8-5-9-16-24)20-28-29(25)26-17-10-11-18-27(26)33(28)2/h4-11,13-18,25H,3,12,19-22H2,1-2H3/t25-/m1/s1. The number of aryl methyl sites for hydroxylation is 1. The molecule has 5 heteroatoms. The van der Waals surface area contributed by atoms with Crippen LogP contribution in [0.15, 0.2) is 84.9 Å². The summed E-state index contributed by atoms with van der Waals surface area (Å²) in [5.41, 5.74) is 3.74. The molecule has 1 heterocycles. The quantitative estimate of drug-likeness (QED) is 0.207. The lowest BCUT2D eigenvalue weighted by molar-refractivity contribution is -0.176. The number of hydrogen-bond donors (Lipinski definition) is 0. The lowest BCUT2D eigenvalue weighted by atomic mass is 9.67. The van der Waals surface area contributed by atoms with E-state index >= 15 is 0 Å². The first-order valence-corrected chi connectivity index (χ1v) is 13.0. The predicted molar refractivity (Wildman–Crippen MR) is 144 cm³/mol. The van der Waals surface area contributed by atoms with Crippen LogP contribution in [0, 0.1) is 5.41 Å². The summed E-state index contributed by atoms with van der Waals surface area (Å²) in [6.07, 6.45) is 2.46. The first kappa shape index (κ1) is 24.8. The van der Waals surface area contributed by atoms with E-state index < -0.39 is 17.4 Å². The number of carbonyl (C=O) groups excluding carboxylic acids is 2. The zero-order valence-corrected chi connectivity index (χ0v) is 21.5. The van der Waals surface area contributed by atoms with Gasteiger partial charge in [-0.15, -0.1) is 0 Å². The third-order valence-electron chi connectivity index (χ3n) is 7.59. The zero-order chi connectivity index (χ0) is 25.8. The Kier molecular flexibility index (Phi) is 7.13. The molecule has 0 aliphatic heterocycles. The van der Waals surface area contributed by atoms with Gasteiger partial charge in [0, 0.05) is 30.1 Å². The Morgan fingerprint density at radius 1 is 0.838 bits per heavy atom. The van der Waals surface area contributed by atoms with E-state index in [1.54, 1.807) is 0 Å². The van der Waals surface area contributed by atoms with Crippen LogP contribution < -0.4 is 0 Å². The van der Waals surface area contributed by atoms with Crippen molar-refractivity contribution in [1.82, 2.24) is 4.57 Å². The molecule has 0 unspecified atom stereocenters. The van der Waals surface area contributed by atoms with Gasteiger partial charge in [0.2, 0.25) is 0 Å². The average molecular weight is 496 g/mol. The van der Waals surface area contributed by atoms with E-state index in [0.717, 1.165) is 35.2 Å². The molecule has 0 fully saturated rings. The minimum atomic E-state index is -1.40. The van der Waals surface area contributed by atoms with E-state index in [-0.39, 0.29) is 25.6 Å². The van der Waals surface area contributed by atoms with Crippen LogP contribution in [0.3, 0.4) is 0 Å². The van der Waals surface area contributed by atoms with Gasteiger partial charge < -0.3 is 14.0 Å². The van der Waals surface area contributed by atoms with Crippen LogP contribution in [-0.2, 0) is 45.7 Å². The van der Waals surface area contributed by atoms with E-state index in [9.17, 15) is 9.59 Å². The zero-order valence-electron chi connectivity index (χ0n) is 21.5. The molecule has 190 valence electrons. The van der Waals surface area contributed by atoms with Crippen LogP contribution >= 0.6 is 0 Å². The Labute approximate surface area is 218 Å². The minimum absolute atomic E-state index is 0.0494. The highest BCUT2D eigenvalue weighted by Crippen LogP contribution is 2.49. The summed E-state index contributed by atoms with van der Waals surface area (Å²) in [6, 6.07) is 27.5. The lowest BCUT2D eigenvalue weighted by Crippen LogP contribution is -2.47. The molecule has 4 aromatic rings. The molecule has 0 N–H and O–H groups in total. The third kappa shape index (κ3) is 4.78. The summed E-state index contributed by atoms with van der Waals surface area (Å²) in [5, 5.41) is 1.20. The van der Waals surface area contributed by atoms with Crippen LogP contribution in [0.2, 0.25) is 0 Å². The Bertz CT molecular complexity index is 1340. The molecule has 0 spiro atoms. The van der Waals surface area contributed by atoms with Gasteiger partial charge in [0.1, 0.15) is 13.2 Å². The molecular formula is C32H33NO4. The Balaban J connectivity index is 1.53. The maximum absolute atomic E-state index is 13.9. The second kappa shape index (κ2) is 10.6. The molecule has 1 aliphatic rings. The fourth-order valence-corrected chi connectivity index (χ4v) is 5.74. The molecular weight excluding hydrogens is 462 g/mol. The largest absolute Gasteiger partial charge is 0.460 e. The van der Waals surface area contributed by atoms with Gasteiger partial charge in [-0.25, -0.2) is 0 Å². The van der Waals surface area contributed by atoms with Gasteiger partial charge in [-0.3, -0.25) is 9.59 Å². The van der Waals surface area contributed by atoms with E-state index in [2.05, 4.69) is 29.7 Å². The van der Waals surface area contributed by atoms with Gasteiger partial charge in [-0.2, -0.15) is 0 Å². The smallest absolute Gasteiger partial charge is 0.324 e. The van der Waals surface area contributed by atoms with Crippen molar-refractivity contribution in [2.45, 2.75) is 51.7 Å². The van der Waals surface area contributed by atoms with Crippen molar-refractivity contribution in [3.63, 3.8) is 0 Å². The number of rotatable bonds is 8. The van der Waals surface area contributed by atoms with Crippen molar-refractivity contribution in [2.24, 2.45) is 12.5 Å². The predicted octanol–water partition coefficient (Wildman–Crippen LogP) is 6.48. The number of fused-ring (bicyclic) bond motifs is 3. The summed E-state index contributed by atoms with van der Waals surface area (Å²) in [6.45, 7) is 2.38. The first-order valence-electron chi connectivity index (χ1n) is 13.0. The van der Waals surface area contributed by atoms with Crippen LogP contribution in [0.4, 0.5) is 0 Å². The highest BCUT2D eigenvalue weighted by molar-refractivity contribution is 6.01. The number of nitrogens with zero attached hydrogens (tertiary/aromatic N) is 1. The van der Waals surface area contributed by atoms with Gasteiger partial charge in [-0.05, 0) is 41.5 Å². The first-order chi connectivity index (χ1) is 18.0. The molecule has 0 saturated heterocycles. The average Bonchev–Trinajstić information content (AvgIpc) is 3.23. The normalized spacial score (nSPS) is 16.2. The van der Waals surface area contributed by atoms with Crippen molar-refractivity contribution >= 4 is 22.8 Å². The molecule has 0 bridgehead atoms. The number of esters is 2. The summed E-state index contributed by atoms with van der Waals surface area (Å²) < 4.78 is 13.8. The van der Waals surface area contributed by atoms with Gasteiger partial charge >= 0.3 is 11.9 Å². The Hall–Kier alpha value is -3.86. The summed E-state index contributed by atoms with van der Waals surface area (Å²) in [5.74, 6) is -0.966. The summed E-state index contributed by atoms with van der Waals surface area (Å²) in [4.78, 5) is 27.8. The Morgan fingerprint density at radius 3 is 1.95 bits per heavy atom. The van der Waals surface area contributed by atoms with Crippen molar-refractivity contribution < 1.29 is 19.1 Å². The molecule has 3 aromatic carbocycles. The molecule has 0 amide bonds. The maximum Gasteiger partial charge on any atom is 0.324 e. The van der Waals surface area contributed by atoms with E-state index in [0.29, 0.717) is 6.42 Å². The van der Waals surface area contributed by atoms with E-state index in [1.165, 1.54) is 10.9 Å². The van der Waals surface area contributed by atoms with Gasteiger partial charge in [0.05, 0.1) is 0 Å². The van der Waals surface area contributed by atoms with Crippen molar-refractivity contribution in [1.29, 1.82) is 0 Å². The number of carbonyl (C=O) groups is 2. The highest BCUT2D eigenvalue weighted by Gasteiger charge is 2.54. The van der Waals surface area contributed by atoms with Crippen LogP contribution in [0.25, 0.3) is 10.9 Å². The second-order valence-electron chi connectivity index (χ2n) is 10.0. The number of ether oxygens (including phenoxy) is 2. The lowest BCUT2D eigenvalue weighted by Gasteiger charge is -2.37. The number of para-hydroxylation sites is 1. The van der Waals surface area contributed by atoms with Crippen LogP contribution in [0.1, 0.15) is 54.5 Å². The van der Waals surface area contributed by atoms with Crippen molar-refractivity contribution in [3.8, 4) is 0 Å². The topological polar surface area (TPSA) is 57.5 Å². The fraction of sp³-hybridized carbons (Fsp3) is 0.312. The molecule has 5 nitrogen and oxygen atoms in total. The SMILES string of the molecule is CCC[C@@H]1CC(C(=O)OCc2ccccc2)(C(=O)OCc2ccccc2)Cc2c1c1ccccc1n2C. The summed E-state index contributed by atoms with van der Waals surface area (Å²) in [7, 11) is 2.02. The molecule has 1 aliphatic carbocycles. The van der Waals surface area contributed by atoms with Gasteiger partial charge in [0.15, 0.2) is 5.41 Å².